The highest BCUT2D eigenvalue weighted by Crippen LogP contribution is 2.45. The Kier molecular flexibility index (Phi) is 8.95. The Morgan fingerprint density at radius 1 is 1.03 bits per heavy atom. The molecule has 1 atom stereocenters. The number of halogens is 4. The average molecular weight is 564 g/mol. The molecule has 6 nitrogen and oxygen atoms in total. The van der Waals surface area contributed by atoms with Gasteiger partial charge in [0.15, 0.2) is 6.61 Å². The summed E-state index contributed by atoms with van der Waals surface area (Å²) in [4.78, 5) is 25.5. The number of thioether (sulfide) groups is 2. The molecular weight excluding hydrogens is 542 g/mol. The number of nitrogens with one attached hydrogen (secondary N) is 1. The van der Waals surface area contributed by atoms with Crippen LogP contribution in [0.25, 0.3) is 0 Å². The highest BCUT2D eigenvalue weighted by Gasteiger charge is 2.38. The molecule has 0 saturated carbocycles. The van der Waals surface area contributed by atoms with E-state index in [0.717, 1.165) is 22.5 Å². The molecule has 3 aromatic rings. The Balaban J connectivity index is 1.68. The summed E-state index contributed by atoms with van der Waals surface area (Å²) in [5.41, 5.74) is -0.123. The zero-order chi connectivity index (χ0) is 27.2. The molecule has 0 aliphatic carbocycles. The van der Waals surface area contributed by atoms with Crippen LogP contribution in [0.4, 0.5) is 17.6 Å². The molecule has 1 N–H and O–H groups in total. The molecule has 0 fully saturated rings. The van der Waals surface area contributed by atoms with E-state index in [1.807, 2.05) is 6.26 Å². The standard InChI is InChI=1S/C26H21F4N3O3S2/c1-37-11-10-31-22(34)14-36-21-5-3-2-4-18(21)26-33(25(35)23-19(29)12-17(28)13-20(23)30)32-24(38-26)15-6-8-16(27)9-7-15/h2-9,12-13,26H,10-11,14H2,1H3,(H,31,34). The van der Waals surface area contributed by atoms with Crippen molar-refractivity contribution >= 4 is 40.4 Å². The molecule has 0 spiro atoms. The normalized spacial score (nSPS) is 14.8. The van der Waals surface area contributed by atoms with Gasteiger partial charge in [-0.25, -0.2) is 22.6 Å². The fourth-order valence-corrected chi connectivity index (χ4v) is 5.05. The van der Waals surface area contributed by atoms with Gasteiger partial charge in [0.2, 0.25) is 0 Å². The van der Waals surface area contributed by atoms with Crippen LogP contribution in [-0.4, -0.2) is 47.0 Å². The third-order valence-corrected chi connectivity index (χ3v) is 7.17. The highest BCUT2D eigenvalue weighted by atomic mass is 32.2. The molecule has 0 bridgehead atoms. The average Bonchev–Trinajstić information content (AvgIpc) is 3.33. The van der Waals surface area contributed by atoms with Crippen LogP contribution >= 0.6 is 23.5 Å². The summed E-state index contributed by atoms with van der Waals surface area (Å²) < 4.78 is 61.8. The quantitative estimate of drug-likeness (QED) is 0.281. The van der Waals surface area contributed by atoms with Crippen LogP contribution in [0.5, 0.6) is 5.75 Å². The predicted molar refractivity (Wildman–Crippen MR) is 139 cm³/mol. The van der Waals surface area contributed by atoms with Gasteiger partial charge in [-0.3, -0.25) is 9.59 Å². The largest absolute Gasteiger partial charge is 0.483 e. The van der Waals surface area contributed by atoms with E-state index in [2.05, 4.69) is 10.4 Å². The highest BCUT2D eigenvalue weighted by molar-refractivity contribution is 8.14. The summed E-state index contributed by atoms with van der Waals surface area (Å²) in [6, 6.07) is 12.7. The van der Waals surface area contributed by atoms with Gasteiger partial charge in [0, 0.05) is 35.6 Å². The molecular formula is C26H21F4N3O3S2. The van der Waals surface area contributed by atoms with Crippen molar-refractivity contribution in [3.05, 3.63) is 101 Å². The molecule has 1 aliphatic rings. The lowest BCUT2D eigenvalue weighted by Crippen LogP contribution is -2.31. The molecule has 38 heavy (non-hydrogen) atoms. The minimum absolute atomic E-state index is 0.249. The molecule has 1 heterocycles. The zero-order valence-corrected chi connectivity index (χ0v) is 21.6. The van der Waals surface area contributed by atoms with E-state index in [4.69, 9.17) is 4.74 Å². The van der Waals surface area contributed by atoms with Crippen molar-refractivity contribution in [1.29, 1.82) is 0 Å². The van der Waals surface area contributed by atoms with Gasteiger partial charge in [0.1, 0.15) is 45.0 Å². The number of benzene rings is 3. The van der Waals surface area contributed by atoms with E-state index >= 15 is 0 Å². The summed E-state index contributed by atoms with van der Waals surface area (Å²) in [5.74, 6) is -4.93. The second-order valence-corrected chi connectivity index (χ2v) is 10.0. The van der Waals surface area contributed by atoms with Gasteiger partial charge in [0.05, 0.1) is 0 Å². The number of carbonyl (C=O) groups is 2. The number of para-hydroxylation sites is 1. The summed E-state index contributed by atoms with van der Waals surface area (Å²) in [6.07, 6.45) is 1.91. The second-order valence-electron chi connectivity index (χ2n) is 7.95. The molecule has 0 radical (unpaired) electrons. The van der Waals surface area contributed by atoms with Gasteiger partial charge in [-0.05, 0) is 36.6 Å². The monoisotopic (exact) mass is 563 g/mol. The smallest absolute Gasteiger partial charge is 0.281 e. The molecule has 1 unspecified atom stereocenters. The lowest BCUT2D eigenvalue weighted by molar-refractivity contribution is -0.122. The number of hydrogen-bond acceptors (Lipinski definition) is 6. The molecule has 12 heteroatoms. The Morgan fingerprint density at radius 2 is 1.71 bits per heavy atom. The van der Waals surface area contributed by atoms with Crippen molar-refractivity contribution in [2.45, 2.75) is 5.37 Å². The Bertz CT molecular complexity index is 1350. The van der Waals surface area contributed by atoms with Gasteiger partial charge in [-0.2, -0.15) is 16.9 Å². The fraction of sp³-hybridized carbons (Fsp3) is 0.192. The third-order valence-electron chi connectivity index (χ3n) is 5.34. The van der Waals surface area contributed by atoms with Gasteiger partial charge >= 0.3 is 0 Å². The fourth-order valence-electron chi connectivity index (χ4n) is 3.56. The Hall–Kier alpha value is -3.51. The zero-order valence-electron chi connectivity index (χ0n) is 19.9. The van der Waals surface area contributed by atoms with Crippen LogP contribution in [-0.2, 0) is 4.79 Å². The topological polar surface area (TPSA) is 71.0 Å². The first-order valence-corrected chi connectivity index (χ1v) is 13.5. The first-order chi connectivity index (χ1) is 18.3. The Morgan fingerprint density at radius 3 is 2.39 bits per heavy atom. The van der Waals surface area contributed by atoms with Crippen molar-refractivity contribution < 1.29 is 31.9 Å². The summed E-state index contributed by atoms with van der Waals surface area (Å²) >= 11 is 2.64. The van der Waals surface area contributed by atoms with Crippen LogP contribution in [0.3, 0.4) is 0 Å². The van der Waals surface area contributed by atoms with Crippen LogP contribution in [0.1, 0.15) is 26.9 Å². The SMILES string of the molecule is CSCCNC(=O)COc1ccccc1C1SC(c2ccc(F)cc2)=NN1C(=O)c1c(F)cc(F)cc1F. The van der Waals surface area contributed by atoms with Crippen molar-refractivity contribution in [3.8, 4) is 5.75 Å². The molecule has 0 saturated heterocycles. The predicted octanol–water partition coefficient (Wildman–Crippen LogP) is 5.35. The van der Waals surface area contributed by atoms with Crippen molar-refractivity contribution in [3.63, 3.8) is 0 Å². The van der Waals surface area contributed by atoms with E-state index < -0.39 is 40.1 Å². The summed E-state index contributed by atoms with van der Waals surface area (Å²) in [7, 11) is 0. The van der Waals surface area contributed by atoms with E-state index in [1.165, 1.54) is 24.3 Å². The van der Waals surface area contributed by atoms with Gasteiger partial charge < -0.3 is 10.1 Å². The van der Waals surface area contributed by atoms with Crippen LogP contribution < -0.4 is 10.1 Å². The number of amides is 2. The van der Waals surface area contributed by atoms with Crippen molar-refractivity contribution in [2.24, 2.45) is 5.10 Å². The van der Waals surface area contributed by atoms with Gasteiger partial charge in [-0.1, -0.05) is 30.0 Å². The lowest BCUT2D eigenvalue weighted by Gasteiger charge is -2.23. The first-order valence-electron chi connectivity index (χ1n) is 11.2. The van der Waals surface area contributed by atoms with Crippen molar-refractivity contribution in [2.75, 3.05) is 25.2 Å². The molecule has 2 amide bonds. The van der Waals surface area contributed by atoms with Gasteiger partial charge in [0.25, 0.3) is 11.8 Å². The number of nitrogens with zero attached hydrogens (tertiary/aromatic N) is 2. The lowest BCUT2D eigenvalue weighted by atomic mass is 10.1. The molecule has 4 rings (SSSR count). The molecule has 0 aromatic heterocycles. The molecule has 1 aliphatic heterocycles. The minimum Gasteiger partial charge on any atom is -0.483 e. The summed E-state index contributed by atoms with van der Waals surface area (Å²) in [5, 5.41) is 7.18. The first kappa shape index (κ1) is 27.5. The number of hydrogen-bond donors (Lipinski definition) is 1. The molecule has 3 aromatic carbocycles. The second kappa shape index (κ2) is 12.4. The number of hydrazone groups is 1. The van der Waals surface area contributed by atoms with E-state index in [-0.39, 0.29) is 23.3 Å². The number of rotatable bonds is 9. The van der Waals surface area contributed by atoms with Crippen LogP contribution in [0, 0.1) is 23.3 Å². The number of carbonyl (C=O) groups excluding carboxylic acids is 2. The molecule has 198 valence electrons. The maximum atomic E-state index is 14.5. The van der Waals surface area contributed by atoms with Gasteiger partial charge in [-0.15, -0.1) is 0 Å². The Labute approximate surface area is 224 Å². The van der Waals surface area contributed by atoms with Crippen LogP contribution in [0.2, 0.25) is 0 Å². The van der Waals surface area contributed by atoms with Crippen molar-refractivity contribution in [1.82, 2.24) is 10.3 Å². The number of ether oxygens (including phenoxy) is 1. The van der Waals surface area contributed by atoms with E-state index in [9.17, 15) is 27.2 Å². The van der Waals surface area contributed by atoms with E-state index in [0.29, 0.717) is 29.8 Å². The third kappa shape index (κ3) is 6.30. The maximum Gasteiger partial charge on any atom is 0.281 e. The van der Waals surface area contributed by atoms with E-state index in [1.54, 1.807) is 36.0 Å². The minimum atomic E-state index is -1.38. The van der Waals surface area contributed by atoms with Crippen LogP contribution in [0.15, 0.2) is 65.8 Å². The summed E-state index contributed by atoms with van der Waals surface area (Å²) in [6.45, 7) is 0.166. The maximum absolute atomic E-state index is 14.5.